The minimum absolute atomic E-state index is 0.0230. The number of amides is 2. The number of nitrogens with two attached hydrogens (primary N) is 1. The number of hydrogen-bond donors (Lipinski definition) is 3. The number of esters is 1. The van der Waals surface area contributed by atoms with Gasteiger partial charge in [-0.15, -0.1) is 23.1 Å². The number of cyclic esters (lactones) is 1. The van der Waals surface area contributed by atoms with E-state index in [0.717, 1.165) is 16.2 Å². The van der Waals surface area contributed by atoms with Crippen LogP contribution in [-0.4, -0.2) is 75.0 Å². The Kier molecular flexibility index (Phi) is 5.99. The number of nitrogens with zero attached hydrogens (tertiary/aromatic N) is 3. The molecule has 1 saturated heterocycles. The Morgan fingerprint density at radius 2 is 2.18 bits per heavy atom. The SMILES string of the molecule is CON=C(C(=O)N[C@@H]1C(=O)N2C(C(=O)O)=C(OC3C=C(C)C(=O)O3)CS[C@@H]12)c1csc(N)n1. The molecule has 1 aromatic rings. The number of nitrogens with one attached hydrogen (secondary N) is 1. The molecule has 4 N–H and O–H groups in total. The number of carbonyl (C=O) groups is 4. The van der Waals surface area contributed by atoms with Crippen molar-refractivity contribution in [3.05, 3.63) is 34.2 Å². The van der Waals surface area contributed by atoms with E-state index in [1.165, 1.54) is 37.3 Å². The standard InChI is InChI=1S/C18H17N5O8S2/c1-6-3-9(31-17(6)28)30-8-5-32-15-11(14(25)23(15)12(8)16(26)27)21-13(24)10(22-29-2)7-4-33-18(19)20-7/h3-4,9,11,15H,5H2,1-2H3,(H2,19,20)(H,21,24)(H,26,27)/t9?,11-,15+/m1/s1. The monoisotopic (exact) mass is 495 g/mol. The average Bonchev–Trinajstić information content (AvgIpc) is 3.33. The van der Waals surface area contributed by atoms with Crippen molar-refractivity contribution in [2.75, 3.05) is 18.6 Å². The van der Waals surface area contributed by atoms with Crippen LogP contribution in [-0.2, 0) is 33.5 Å². The topological polar surface area (TPSA) is 183 Å². The van der Waals surface area contributed by atoms with E-state index in [1.807, 2.05) is 0 Å². The molecule has 3 aliphatic rings. The van der Waals surface area contributed by atoms with Crippen molar-refractivity contribution in [3.8, 4) is 0 Å². The minimum atomic E-state index is -1.39. The molecule has 0 saturated carbocycles. The van der Waals surface area contributed by atoms with Crippen LogP contribution in [0.15, 0.2) is 33.6 Å². The first-order valence-corrected chi connectivity index (χ1v) is 11.2. The zero-order valence-electron chi connectivity index (χ0n) is 17.1. The van der Waals surface area contributed by atoms with Gasteiger partial charge >= 0.3 is 11.9 Å². The summed E-state index contributed by atoms with van der Waals surface area (Å²) in [6.07, 6.45) is 0.332. The predicted molar refractivity (Wildman–Crippen MR) is 114 cm³/mol. The molecule has 0 aliphatic carbocycles. The lowest BCUT2D eigenvalue weighted by Gasteiger charge is -2.49. The number of carbonyl (C=O) groups excluding carboxylic acids is 3. The number of oxime groups is 1. The highest BCUT2D eigenvalue weighted by molar-refractivity contribution is 8.00. The summed E-state index contributed by atoms with van der Waals surface area (Å²) >= 11 is 2.28. The fourth-order valence-electron chi connectivity index (χ4n) is 3.29. The van der Waals surface area contributed by atoms with Gasteiger partial charge in [0, 0.05) is 17.0 Å². The Bertz CT molecular complexity index is 1140. The Balaban J connectivity index is 1.51. The molecular formula is C18H17N5O8S2. The van der Waals surface area contributed by atoms with E-state index in [-0.39, 0.29) is 33.7 Å². The maximum absolute atomic E-state index is 12.8. The number of aromatic nitrogens is 1. The number of anilines is 1. The van der Waals surface area contributed by atoms with Gasteiger partial charge in [-0.05, 0) is 6.92 Å². The van der Waals surface area contributed by atoms with Gasteiger partial charge in [-0.3, -0.25) is 14.5 Å². The number of nitrogen functional groups attached to an aromatic ring is 1. The van der Waals surface area contributed by atoms with Gasteiger partial charge in [-0.2, -0.15) is 0 Å². The molecule has 0 aromatic carbocycles. The third kappa shape index (κ3) is 4.11. The maximum atomic E-state index is 12.8. The fraction of sp³-hybridized carbons (Fsp3) is 0.333. The highest BCUT2D eigenvalue weighted by Gasteiger charge is 2.55. The van der Waals surface area contributed by atoms with E-state index in [1.54, 1.807) is 0 Å². The van der Waals surface area contributed by atoms with Crippen LogP contribution >= 0.6 is 23.1 Å². The van der Waals surface area contributed by atoms with Gasteiger partial charge in [0.05, 0.1) is 5.75 Å². The number of β-lactam (4-membered cyclic amide) rings is 1. The van der Waals surface area contributed by atoms with Crippen LogP contribution in [0.3, 0.4) is 0 Å². The number of fused-ring (bicyclic) bond motifs is 1. The Hall–Kier alpha value is -3.59. The van der Waals surface area contributed by atoms with Crippen molar-refractivity contribution in [3.63, 3.8) is 0 Å². The molecule has 0 radical (unpaired) electrons. The largest absolute Gasteiger partial charge is 0.476 e. The lowest BCUT2D eigenvalue weighted by Crippen LogP contribution is -2.71. The molecule has 13 nitrogen and oxygen atoms in total. The Labute approximate surface area is 194 Å². The number of carboxylic acids is 1. The number of thioether (sulfide) groups is 1. The number of aliphatic carboxylic acids is 1. The molecule has 1 fully saturated rings. The summed E-state index contributed by atoms with van der Waals surface area (Å²) in [5.74, 6) is -3.29. The average molecular weight is 495 g/mol. The van der Waals surface area contributed by atoms with Crippen LogP contribution in [0.2, 0.25) is 0 Å². The second-order valence-electron chi connectivity index (χ2n) is 6.87. The molecule has 1 aromatic heterocycles. The van der Waals surface area contributed by atoms with Crippen molar-refractivity contribution in [2.24, 2.45) is 5.16 Å². The number of hydrogen-bond acceptors (Lipinski definition) is 12. The lowest BCUT2D eigenvalue weighted by atomic mass is 10.0. The van der Waals surface area contributed by atoms with Gasteiger partial charge < -0.3 is 30.5 Å². The molecule has 33 heavy (non-hydrogen) atoms. The molecule has 1 unspecified atom stereocenters. The second-order valence-corrected chi connectivity index (χ2v) is 8.87. The summed E-state index contributed by atoms with van der Waals surface area (Å²) in [4.78, 5) is 58.7. The number of ether oxygens (including phenoxy) is 2. The smallest absolute Gasteiger partial charge is 0.356 e. The number of carboxylic acid groups (broad SMARTS) is 1. The summed E-state index contributed by atoms with van der Waals surface area (Å²) in [5, 5.41) is 16.9. The highest BCUT2D eigenvalue weighted by atomic mass is 32.2. The zero-order chi connectivity index (χ0) is 23.9. The van der Waals surface area contributed by atoms with Crippen LogP contribution in [0.25, 0.3) is 0 Å². The zero-order valence-corrected chi connectivity index (χ0v) is 18.8. The first-order valence-electron chi connectivity index (χ1n) is 9.31. The molecule has 15 heteroatoms. The Morgan fingerprint density at radius 3 is 2.76 bits per heavy atom. The maximum Gasteiger partial charge on any atom is 0.356 e. The van der Waals surface area contributed by atoms with Gasteiger partial charge in [0.1, 0.15) is 30.0 Å². The van der Waals surface area contributed by atoms with Gasteiger partial charge in [-0.25, -0.2) is 14.6 Å². The van der Waals surface area contributed by atoms with Crippen LogP contribution in [0.5, 0.6) is 0 Å². The summed E-state index contributed by atoms with van der Waals surface area (Å²) in [7, 11) is 1.25. The van der Waals surface area contributed by atoms with E-state index < -0.39 is 41.5 Å². The van der Waals surface area contributed by atoms with E-state index in [9.17, 15) is 24.3 Å². The molecule has 2 amide bonds. The van der Waals surface area contributed by atoms with Crippen LogP contribution in [0, 0.1) is 0 Å². The predicted octanol–water partition coefficient (Wildman–Crippen LogP) is -0.382. The van der Waals surface area contributed by atoms with Gasteiger partial charge in [-0.1, -0.05) is 5.16 Å². The summed E-state index contributed by atoms with van der Waals surface area (Å²) in [6.45, 7) is 1.54. The van der Waals surface area contributed by atoms with Crippen LogP contribution < -0.4 is 11.1 Å². The van der Waals surface area contributed by atoms with Gasteiger partial charge in [0.2, 0.25) is 0 Å². The quantitative estimate of drug-likeness (QED) is 0.194. The molecular weight excluding hydrogens is 478 g/mol. The minimum Gasteiger partial charge on any atom is -0.476 e. The van der Waals surface area contributed by atoms with Gasteiger partial charge in [0.15, 0.2) is 16.5 Å². The lowest BCUT2D eigenvalue weighted by molar-refractivity contribution is -0.156. The van der Waals surface area contributed by atoms with E-state index in [4.69, 9.17) is 20.0 Å². The third-order valence-electron chi connectivity index (χ3n) is 4.77. The van der Waals surface area contributed by atoms with Crippen molar-refractivity contribution in [1.82, 2.24) is 15.2 Å². The molecule has 4 heterocycles. The highest BCUT2D eigenvalue weighted by Crippen LogP contribution is 2.41. The molecule has 0 bridgehead atoms. The third-order valence-corrected chi connectivity index (χ3v) is 6.70. The van der Waals surface area contributed by atoms with Crippen LogP contribution in [0.4, 0.5) is 5.13 Å². The van der Waals surface area contributed by atoms with Crippen molar-refractivity contribution < 1.29 is 38.6 Å². The van der Waals surface area contributed by atoms with E-state index >= 15 is 0 Å². The molecule has 4 rings (SSSR count). The Morgan fingerprint density at radius 1 is 1.42 bits per heavy atom. The van der Waals surface area contributed by atoms with Crippen molar-refractivity contribution in [1.29, 1.82) is 0 Å². The molecule has 0 spiro atoms. The summed E-state index contributed by atoms with van der Waals surface area (Å²) < 4.78 is 10.5. The van der Waals surface area contributed by atoms with E-state index in [0.29, 0.717) is 5.57 Å². The first kappa shape index (κ1) is 22.6. The number of rotatable bonds is 7. The van der Waals surface area contributed by atoms with Crippen molar-refractivity contribution >= 4 is 57.7 Å². The molecule has 3 atom stereocenters. The van der Waals surface area contributed by atoms with Crippen LogP contribution in [0.1, 0.15) is 12.6 Å². The number of thiazole rings is 1. The molecule has 174 valence electrons. The fourth-order valence-corrected chi connectivity index (χ4v) is 5.10. The normalized spacial score (nSPS) is 24.5. The summed E-state index contributed by atoms with van der Waals surface area (Å²) in [6, 6.07) is -1.01. The van der Waals surface area contributed by atoms with Gasteiger partial charge in [0.25, 0.3) is 18.1 Å². The second kappa shape index (κ2) is 8.74. The molecule has 3 aliphatic heterocycles. The van der Waals surface area contributed by atoms with Crippen molar-refractivity contribution in [2.45, 2.75) is 24.6 Å². The van der Waals surface area contributed by atoms with E-state index in [2.05, 4.69) is 15.5 Å². The first-order chi connectivity index (χ1) is 15.7. The summed E-state index contributed by atoms with van der Waals surface area (Å²) in [5.41, 5.74) is 5.55.